The predicted molar refractivity (Wildman–Crippen MR) is 80.5 cm³/mol. The number of piperidine rings is 1. The maximum absolute atomic E-state index is 12.0. The lowest BCUT2D eigenvalue weighted by molar-refractivity contribution is -0.129. The number of rotatable bonds is 4. The fourth-order valence-electron chi connectivity index (χ4n) is 2.41. The maximum Gasteiger partial charge on any atom is 0.387 e. The number of anilines is 1. The van der Waals surface area contributed by atoms with Crippen LogP contribution in [0.4, 0.5) is 19.3 Å². The van der Waals surface area contributed by atoms with Crippen LogP contribution in [0.15, 0.2) is 24.3 Å². The van der Waals surface area contributed by atoms with E-state index < -0.39 is 6.61 Å². The van der Waals surface area contributed by atoms with Gasteiger partial charge < -0.3 is 20.3 Å². The molecule has 0 aromatic heterocycles. The molecule has 0 saturated carbocycles. The molecule has 6 nitrogen and oxygen atoms in total. The molecule has 126 valence electrons. The molecule has 0 radical (unpaired) electrons. The Balaban J connectivity index is 1.78. The summed E-state index contributed by atoms with van der Waals surface area (Å²) in [5, 5.41) is 5.46. The number of urea groups is 1. The van der Waals surface area contributed by atoms with Gasteiger partial charge in [-0.3, -0.25) is 4.79 Å². The highest BCUT2D eigenvalue weighted by Crippen LogP contribution is 2.18. The van der Waals surface area contributed by atoms with Gasteiger partial charge in [0.1, 0.15) is 5.75 Å². The molecule has 1 heterocycles. The summed E-state index contributed by atoms with van der Waals surface area (Å²) >= 11 is 0. The highest BCUT2D eigenvalue weighted by Gasteiger charge is 2.21. The Morgan fingerprint density at radius 3 is 2.35 bits per heavy atom. The summed E-state index contributed by atoms with van der Waals surface area (Å²) < 4.78 is 28.3. The lowest BCUT2D eigenvalue weighted by atomic mass is 10.1. The zero-order valence-corrected chi connectivity index (χ0v) is 12.7. The summed E-state index contributed by atoms with van der Waals surface area (Å²) in [5.41, 5.74) is 0.477. The summed E-state index contributed by atoms with van der Waals surface area (Å²) in [4.78, 5) is 24.9. The van der Waals surface area contributed by atoms with Crippen LogP contribution in [0.3, 0.4) is 0 Å². The number of carbonyl (C=O) groups is 2. The van der Waals surface area contributed by atoms with E-state index in [4.69, 9.17) is 0 Å². The minimum Gasteiger partial charge on any atom is -0.435 e. The van der Waals surface area contributed by atoms with Gasteiger partial charge in [0.2, 0.25) is 5.91 Å². The van der Waals surface area contributed by atoms with Crippen LogP contribution in [-0.4, -0.2) is 42.6 Å². The van der Waals surface area contributed by atoms with Crippen molar-refractivity contribution in [1.29, 1.82) is 0 Å². The number of likely N-dealkylation sites (tertiary alicyclic amines) is 1. The van der Waals surface area contributed by atoms with Crippen molar-refractivity contribution in [3.63, 3.8) is 0 Å². The van der Waals surface area contributed by atoms with Crippen molar-refractivity contribution in [2.75, 3.05) is 18.4 Å². The van der Waals surface area contributed by atoms with Crippen molar-refractivity contribution in [2.45, 2.75) is 32.4 Å². The highest BCUT2D eigenvalue weighted by atomic mass is 19.3. The molecule has 0 unspecified atom stereocenters. The smallest absolute Gasteiger partial charge is 0.387 e. The number of hydrogen-bond donors (Lipinski definition) is 2. The fraction of sp³-hybridized carbons (Fsp3) is 0.467. The van der Waals surface area contributed by atoms with Crippen LogP contribution < -0.4 is 15.4 Å². The highest BCUT2D eigenvalue weighted by molar-refractivity contribution is 5.89. The van der Waals surface area contributed by atoms with Gasteiger partial charge in [-0.1, -0.05) is 0 Å². The van der Waals surface area contributed by atoms with E-state index in [9.17, 15) is 18.4 Å². The van der Waals surface area contributed by atoms with Crippen LogP contribution in [0.1, 0.15) is 19.8 Å². The zero-order valence-electron chi connectivity index (χ0n) is 12.7. The predicted octanol–water partition coefficient (Wildman–Crippen LogP) is 2.42. The van der Waals surface area contributed by atoms with E-state index >= 15 is 0 Å². The van der Waals surface area contributed by atoms with Crippen molar-refractivity contribution >= 4 is 17.6 Å². The molecule has 2 N–H and O–H groups in total. The number of halogens is 2. The summed E-state index contributed by atoms with van der Waals surface area (Å²) in [7, 11) is 0. The van der Waals surface area contributed by atoms with Gasteiger partial charge in [0, 0.05) is 31.7 Å². The lowest BCUT2D eigenvalue weighted by Gasteiger charge is -2.31. The van der Waals surface area contributed by atoms with Crippen molar-refractivity contribution in [1.82, 2.24) is 10.2 Å². The summed E-state index contributed by atoms with van der Waals surface area (Å²) in [6.07, 6.45) is 1.41. The second-order valence-corrected chi connectivity index (χ2v) is 5.28. The first-order chi connectivity index (χ1) is 10.9. The average molecular weight is 327 g/mol. The fourth-order valence-corrected chi connectivity index (χ4v) is 2.41. The molecule has 1 aromatic rings. The number of amides is 3. The van der Waals surface area contributed by atoms with Crippen LogP contribution in [0.5, 0.6) is 5.75 Å². The normalized spacial score (nSPS) is 15.4. The van der Waals surface area contributed by atoms with E-state index in [1.807, 2.05) is 0 Å². The molecule has 8 heteroatoms. The molecule has 2 rings (SSSR count). The van der Waals surface area contributed by atoms with E-state index in [2.05, 4.69) is 15.4 Å². The SMILES string of the molecule is CC(=O)N1CCC(NC(=O)Nc2ccc(OC(F)F)cc2)CC1. The quantitative estimate of drug-likeness (QED) is 0.892. The van der Waals surface area contributed by atoms with Gasteiger partial charge in [-0.05, 0) is 37.1 Å². The Bertz CT molecular complexity index is 543. The number of nitrogens with one attached hydrogen (secondary N) is 2. The summed E-state index contributed by atoms with van der Waals surface area (Å²) in [5.74, 6) is 0.0709. The molecule has 0 spiro atoms. The molecule has 1 fully saturated rings. The molecule has 23 heavy (non-hydrogen) atoms. The minimum atomic E-state index is -2.88. The van der Waals surface area contributed by atoms with Crippen LogP contribution in [0.25, 0.3) is 0 Å². The van der Waals surface area contributed by atoms with Gasteiger partial charge in [0.05, 0.1) is 0 Å². The largest absolute Gasteiger partial charge is 0.435 e. The van der Waals surface area contributed by atoms with Crippen molar-refractivity contribution in [2.24, 2.45) is 0 Å². The first kappa shape index (κ1) is 17.0. The second kappa shape index (κ2) is 7.75. The van der Waals surface area contributed by atoms with Crippen LogP contribution in [0, 0.1) is 0 Å². The van der Waals surface area contributed by atoms with Crippen LogP contribution in [0.2, 0.25) is 0 Å². The Kier molecular flexibility index (Phi) is 5.72. The van der Waals surface area contributed by atoms with E-state index in [1.54, 1.807) is 4.90 Å². The minimum absolute atomic E-state index is 0.00652. The third-order valence-corrected chi connectivity index (χ3v) is 3.61. The lowest BCUT2D eigenvalue weighted by Crippen LogP contribution is -2.47. The van der Waals surface area contributed by atoms with Crippen LogP contribution in [-0.2, 0) is 4.79 Å². The molecule has 1 aromatic carbocycles. The van der Waals surface area contributed by atoms with Crippen molar-refractivity contribution in [3.8, 4) is 5.75 Å². The van der Waals surface area contributed by atoms with Gasteiger partial charge in [-0.25, -0.2) is 4.79 Å². The van der Waals surface area contributed by atoms with E-state index in [0.717, 1.165) is 0 Å². The second-order valence-electron chi connectivity index (χ2n) is 5.28. The number of hydrogen-bond acceptors (Lipinski definition) is 3. The van der Waals surface area contributed by atoms with Crippen molar-refractivity contribution < 1.29 is 23.1 Å². The van der Waals surface area contributed by atoms with E-state index in [1.165, 1.54) is 31.2 Å². The van der Waals surface area contributed by atoms with Gasteiger partial charge in [-0.2, -0.15) is 8.78 Å². The molecule has 1 saturated heterocycles. The summed E-state index contributed by atoms with van der Waals surface area (Å²) in [6, 6.07) is 5.31. The Morgan fingerprint density at radius 1 is 1.22 bits per heavy atom. The van der Waals surface area contributed by atoms with E-state index in [-0.39, 0.29) is 23.7 Å². The van der Waals surface area contributed by atoms with Gasteiger partial charge in [-0.15, -0.1) is 0 Å². The average Bonchev–Trinajstić information content (AvgIpc) is 2.49. The number of carbonyl (C=O) groups excluding carboxylic acids is 2. The molecular formula is C15H19F2N3O3. The number of ether oxygens (including phenoxy) is 1. The van der Waals surface area contributed by atoms with Gasteiger partial charge >= 0.3 is 12.6 Å². The van der Waals surface area contributed by atoms with Gasteiger partial charge in [0.25, 0.3) is 0 Å². The topological polar surface area (TPSA) is 70.7 Å². The Hall–Kier alpha value is -2.38. The molecule has 1 aliphatic rings. The van der Waals surface area contributed by atoms with E-state index in [0.29, 0.717) is 31.6 Å². The molecule has 3 amide bonds. The summed E-state index contributed by atoms with van der Waals surface area (Å²) in [6.45, 7) is -0.0973. The third kappa shape index (κ3) is 5.39. The molecule has 0 atom stereocenters. The first-order valence-corrected chi connectivity index (χ1v) is 7.32. The number of nitrogens with zero attached hydrogens (tertiary/aromatic N) is 1. The third-order valence-electron chi connectivity index (χ3n) is 3.61. The number of alkyl halides is 2. The zero-order chi connectivity index (χ0) is 16.8. The monoisotopic (exact) mass is 327 g/mol. The Labute approximate surface area is 132 Å². The first-order valence-electron chi connectivity index (χ1n) is 7.32. The molecule has 0 aliphatic carbocycles. The molecule has 0 bridgehead atoms. The Morgan fingerprint density at radius 2 is 1.83 bits per heavy atom. The maximum atomic E-state index is 12.0. The van der Waals surface area contributed by atoms with Gasteiger partial charge in [0.15, 0.2) is 0 Å². The van der Waals surface area contributed by atoms with Crippen LogP contribution >= 0.6 is 0 Å². The standard InChI is InChI=1S/C15H19F2N3O3/c1-10(21)20-8-6-12(7-9-20)19-15(22)18-11-2-4-13(5-3-11)23-14(16)17/h2-5,12,14H,6-9H2,1H3,(H2,18,19,22). The molecule has 1 aliphatic heterocycles. The number of benzene rings is 1. The van der Waals surface area contributed by atoms with Crippen molar-refractivity contribution in [3.05, 3.63) is 24.3 Å². The molecular weight excluding hydrogens is 308 g/mol.